The highest BCUT2D eigenvalue weighted by atomic mass is 15.2. The van der Waals surface area contributed by atoms with Crippen molar-refractivity contribution in [3.05, 3.63) is 0 Å². The van der Waals surface area contributed by atoms with Crippen LogP contribution >= 0.6 is 0 Å². The zero-order valence-electron chi connectivity index (χ0n) is 11.2. The minimum absolute atomic E-state index is 0.647. The van der Waals surface area contributed by atoms with Crippen molar-refractivity contribution < 1.29 is 0 Å². The highest BCUT2D eigenvalue weighted by molar-refractivity contribution is 4.93. The van der Waals surface area contributed by atoms with Crippen molar-refractivity contribution >= 4 is 0 Å². The molecule has 1 saturated carbocycles. The molecule has 2 saturated heterocycles. The van der Waals surface area contributed by atoms with Crippen LogP contribution in [0.25, 0.3) is 0 Å². The van der Waals surface area contributed by atoms with Gasteiger partial charge in [0.2, 0.25) is 0 Å². The predicted octanol–water partition coefficient (Wildman–Crippen LogP) is 2.78. The summed E-state index contributed by atoms with van der Waals surface area (Å²) < 4.78 is 0. The summed E-state index contributed by atoms with van der Waals surface area (Å²) >= 11 is 0. The summed E-state index contributed by atoms with van der Waals surface area (Å²) in [4.78, 5) is 2.86. The molecule has 1 atom stereocenters. The van der Waals surface area contributed by atoms with E-state index in [1.807, 2.05) is 0 Å². The van der Waals surface area contributed by atoms with Crippen molar-refractivity contribution in [1.29, 1.82) is 0 Å². The zero-order chi connectivity index (χ0) is 11.6. The van der Waals surface area contributed by atoms with Gasteiger partial charge >= 0.3 is 0 Å². The maximum absolute atomic E-state index is 3.64. The van der Waals surface area contributed by atoms with Crippen LogP contribution in [0.2, 0.25) is 0 Å². The average Bonchev–Trinajstić information content (AvgIpc) is 2.41. The quantitative estimate of drug-likeness (QED) is 0.753. The van der Waals surface area contributed by atoms with E-state index in [0.29, 0.717) is 5.41 Å². The van der Waals surface area contributed by atoms with Crippen LogP contribution in [0.15, 0.2) is 0 Å². The lowest BCUT2D eigenvalue weighted by Crippen LogP contribution is -2.53. The van der Waals surface area contributed by atoms with Gasteiger partial charge in [-0.1, -0.05) is 19.3 Å². The molecule has 0 aromatic carbocycles. The third-order valence-electron chi connectivity index (χ3n) is 5.34. The predicted molar refractivity (Wildman–Crippen MR) is 72.2 cm³/mol. The third kappa shape index (κ3) is 2.68. The van der Waals surface area contributed by atoms with Gasteiger partial charge in [-0.05, 0) is 57.0 Å². The van der Waals surface area contributed by atoms with Gasteiger partial charge in [-0.3, -0.25) is 4.90 Å². The maximum atomic E-state index is 3.64. The van der Waals surface area contributed by atoms with Crippen molar-refractivity contribution in [2.45, 2.75) is 63.8 Å². The van der Waals surface area contributed by atoms with Crippen molar-refractivity contribution in [3.8, 4) is 0 Å². The molecule has 2 aliphatic heterocycles. The van der Waals surface area contributed by atoms with Crippen LogP contribution in [0.4, 0.5) is 0 Å². The Balaban J connectivity index is 1.61. The van der Waals surface area contributed by atoms with Crippen LogP contribution in [0, 0.1) is 5.41 Å². The van der Waals surface area contributed by atoms with E-state index in [9.17, 15) is 0 Å². The van der Waals surface area contributed by atoms with Crippen molar-refractivity contribution in [3.63, 3.8) is 0 Å². The second-order valence-corrected chi connectivity index (χ2v) is 6.65. The Morgan fingerprint density at radius 3 is 2.53 bits per heavy atom. The van der Waals surface area contributed by atoms with Crippen LogP contribution in [-0.2, 0) is 0 Å². The van der Waals surface area contributed by atoms with Gasteiger partial charge in [-0.2, -0.15) is 0 Å². The van der Waals surface area contributed by atoms with E-state index in [0.717, 1.165) is 6.04 Å². The molecule has 0 radical (unpaired) electrons. The topological polar surface area (TPSA) is 15.3 Å². The Hall–Kier alpha value is -0.0800. The SMILES string of the molecule is C1CCC(N2CCCC3(CCCNC3)C2)CC1. The summed E-state index contributed by atoms with van der Waals surface area (Å²) in [6.07, 6.45) is 13.2. The lowest BCUT2D eigenvalue weighted by molar-refractivity contribution is 0.0266. The molecular formula is C15H28N2. The molecule has 3 fully saturated rings. The third-order valence-corrected chi connectivity index (χ3v) is 5.34. The minimum atomic E-state index is 0.647. The van der Waals surface area contributed by atoms with Gasteiger partial charge in [0.1, 0.15) is 0 Å². The number of hydrogen-bond donors (Lipinski definition) is 1. The van der Waals surface area contributed by atoms with E-state index in [1.165, 1.54) is 84.0 Å². The van der Waals surface area contributed by atoms with Gasteiger partial charge in [0.15, 0.2) is 0 Å². The number of nitrogens with zero attached hydrogens (tertiary/aromatic N) is 1. The Morgan fingerprint density at radius 2 is 1.76 bits per heavy atom. The van der Waals surface area contributed by atoms with Crippen LogP contribution in [0.1, 0.15) is 57.8 Å². The van der Waals surface area contributed by atoms with Crippen LogP contribution in [-0.4, -0.2) is 37.1 Å². The second-order valence-electron chi connectivity index (χ2n) is 6.65. The van der Waals surface area contributed by atoms with Gasteiger partial charge in [0.05, 0.1) is 0 Å². The molecule has 17 heavy (non-hydrogen) atoms. The summed E-state index contributed by atoms with van der Waals surface area (Å²) in [6.45, 7) is 5.32. The number of nitrogens with one attached hydrogen (secondary N) is 1. The molecular weight excluding hydrogens is 208 g/mol. The first-order chi connectivity index (χ1) is 8.38. The van der Waals surface area contributed by atoms with Crippen LogP contribution in [0.5, 0.6) is 0 Å². The first-order valence-corrected chi connectivity index (χ1v) is 7.83. The number of likely N-dealkylation sites (tertiary alicyclic amines) is 1. The van der Waals surface area contributed by atoms with E-state index in [4.69, 9.17) is 0 Å². The lowest BCUT2D eigenvalue weighted by atomic mass is 9.73. The lowest BCUT2D eigenvalue weighted by Gasteiger charge is -2.48. The number of rotatable bonds is 1. The van der Waals surface area contributed by atoms with E-state index in [1.54, 1.807) is 0 Å². The summed E-state index contributed by atoms with van der Waals surface area (Å²) in [7, 11) is 0. The molecule has 1 unspecified atom stereocenters. The minimum Gasteiger partial charge on any atom is -0.316 e. The van der Waals surface area contributed by atoms with E-state index >= 15 is 0 Å². The van der Waals surface area contributed by atoms with E-state index in [-0.39, 0.29) is 0 Å². The smallest absolute Gasteiger partial charge is 0.00955 e. The molecule has 1 aliphatic carbocycles. The van der Waals surface area contributed by atoms with Gasteiger partial charge in [-0.15, -0.1) is 0 Å². The average molecular weight is 236 g/mol. The summed E-state index contributed by atoms with van der Waals surface area (Å²) in [5, 5.41) is 3.64. The highest BCUT2D eigenvalue weighted by Gasteiger charge is 2.38. The Morgan fingerprint density at radius 1 is 0.941 bits per heavy atom. The molecule has 0 amide bonds. The summed E-state index contributed by atoms with van der Waals surface area (Å²) in [5.41, 5.74) is 0.647. The van der Waals surface area contributed by atoms with Gasteiger partial charge in [-0.25, -0.2) is 0 Å². The maximum Gasteiger partial charge on any atom is 0.00955 e. The Kier molecular flexibility index (Phi) is 3.72. The summed E-state index contributed by atoms with van der Waals surface area (Å²) in [6, 6.07) is 0.933. The van der Waals surface area contributed by atoms with Gasteiger partial charge in [0.25, 0.3) is 0 Å². The standard InChI is InChI=1S/C15H28N2/c1-2-6-14(7-3-1)17-11-5-9-15(13-17)8-4-10-16-12-15/h14,16H,1-13H2. The molecule has 0 bridgehead atoms. The molecule has 2 heterocycles. The van der Waals surface area contributed by atoms with Crippen LogP contribution in [0.3, 0.4) is 0 Å². The number of piperidine rings is 2. The Labute approximate surface area is 106 Å². The monoisotopic (exact) mass is 236 g/mol. The van der Waals surface area contributed by atoms with Crippen LogP contribution < -0.4 is 5.32 Å². The molecule has 3 rings (SSSR count). The van der Waals surface area contributed by atoms with Crippen molar-refractivity contribution in [1.82, 2.24) is 10.2 Å². The molecule has 1 spiro atoms. The van der Waals surface area contributed by atoms with Crippen molar-refractivity contribution in [2.24, 2.45) is 5.41 Å². The molecule has 0 aromatic heterocycles. The molecule has 98 valence electrons. The largest absolute Gasteiger partial charge is 0.316 e. The molecule has 2 nitrogen and oxygen atoms in total. The van der Waals surface area contributed by atoms with Gasteiger partial charge < -0.3 is 5.32 Å². The normalized spacial score (nSPS) is 37.4. The zero-order valence-corrected chi connectivity index (χ0v) is 11.2. The molecule has 0 aromatic rings. The molecule has 2 heteroatoms. The highest BCUT2D eigenvalue weighted by Crippen LogP contribution is 2.38. The first kappa shape index (κ1) is 12.0. The van der Waals surface area contributed by atoms with Gasteiger partial charge in [0, 0.05) is 19.1 Å². The molecule has 1 N–H and O–H groups in total. The fourth-order valence-corrected chi connectivity index (χ4v) is 4.38. The van der Waals surface area contributed by atoms with Crippen molar-refractivity contribution in [2.75, 3.05) is 26.2 Å². The van der Waals surface area contributed by atoms with E-state index in [2.05, 4.69) is 10.2 Å². The number of hydrogen-bond acceptors (Lipinski definition) is 2. The van der Waals surface area contributed by atoms with E-state index < -0.39 is 0 Å². The second kappa shape index (κ2) is 5.27. The summed E-state index contributed by atoms with van der Waals surface area (Å²) in [5.74, 6) is 0. The molecule has 3 aliphatic rings. The first-order valence-electron chi connectivity index (χ1n) is 7.83. The Bertz CT molecular complexity index is 234. The fraction of sp³-hybridized carbons (Fsp3) is 1.00. The fourth-order valence-electron chi connectivity index (χ4n) is 4.38.